The largest absolute Gasteiger partial charge is 0.330 e. The molecule has 1 fully saturated rings. The predicted molar refractivity (Wildman–Crippen MR) is 86.6 cm³/mol. The van der Waals surface area contributed by atoms with Crippen LogP contribution >= 0.6 is 0 Å². The van der Waals surface area contributed by atoms with E-state index in [2.05, 4.69) is 10.0 Å². The summed E-state index contributed by atoms with van der Waals surface area (Å²) in [6.07, 6.45) is 4.09. The molecule has 6 nitrogen and oxygen atoms in total. The molecular weight excluding hydrogens is 302 g/mol. The second-order valence-corrected chi connectivity index (χ2v) is 7.65. The fraction of sp³-hybridized carbons (Fsp3) is 0.533. The molecule has 2 rings (SSSR count). The van der Waals surface area contributed by atoms with E-state index < -0.39 is 10.0 Å². The van der Waals surface area contributed by atoms with Crippen molar-refractivity contribution >= 4 is 21.6 Å². The summed E-state index contributed by atoms with van der Waals surface area (Å²) < 4.78 is 24.5. The zero-order valence-corrected chi connectivity index (χ0v) is 13.5. The predicted octanol–water partition coefficient (Wildman–Crippen LogP) is 1.05. The van der Waals surface area contributed by atoms with Gasteiger partial charge in [0, 0.05) is 18.2 Å². The zero-order valence-electron chi connectivity index (χ0n) is 12.7. The van der Waals surface area contributed by atoms with Gasteiger partial charge in [-0.15, -0.1) is 0 Å². The molecule has 1 aromatic rings. The average Bonchev–Trinajstić information content (AvgIpc) is 2.94. The third-order valence-electron chi connectivity index (χ3n) is 4.06. The first-order valence-electron chi connectivity index (χ1n) is 7.43. The highest BCUT2D eigenvalue weighted by molar-refractivity contribution is 7.88. The van der Waals surface area contributed by atoms with E-state index in [1.807, 2.05) is 0 Å². The van der Waals surface area contributed by atoms with E-state index in [1.165, 1.54) is 0 Å². The normalized spacial score (nSPS) is 21.7. The Morgan fingerprint density at radius 1 is 1.27 bits per heavy atom. The van der Waals surface area contributed by atoms with Crippen LogP contribution in [-0.2, 0) is 21.4 Å². The summed E-state index contributed by atoms with van der Waals surface area (Å²) in [6, 6.07) is 7.15. The standard InChI is InChI=1S/C15H23N3O3S/c1-22(20,21)17-10-11-5-7-13(8-6-11)18-15(19)14-4-2-3-12(14)9-16/h5-8,12,14,17H,2-4,9-10,16H2,1H3,(H,18,19)/t12-,14-/m1/s1. The van der Waals surface area contributed by atoms with E-state index in [0.29, 0.717) is 6.54 Å². The van der Waals surface area contributed by atoms with Crippen molar-refractivity contribution in [3.8, 4) is 0 Å². The molecule has 0 spiro atoms. The van der Waals surface area contributed by atoms with Crippen molar-refractivity contribution in [1.82, 2.24) is 4.72 Å². The quantitative estimate of drug-likeness (QED) is 0.727. The Morgan fingerprint density at radius 2 is 1.95 bits per heavy atom. The summed E-state index contributed by atoms with van der Waals surface area (Å²) in [5.41, 5.74) is 7.26. The van der Waals surface area contributed by atoms with Gasteiger partial charge in [-0.2, -0.15) is 0 Å². The van der Waals surface area contributed by atoms with Crippen LogP contribution < -0.4 is 15.8 Å². The summed E-state index contributed by atoms with van der Waals surface area (Å²) in [7, 11) is -3.20. The first-order chi connectivity index (χ1) is 10.4. The zero-order chi connectivity index (χ0) is 16.2. The van der Waals surface area contributed by atoms with Crippen LogP contribution in [0.3, 0.4) is 0 Å². The molecule has 0 unspecified atom stereocenters. The highest BCUT2D eigenvalue weighted by Gasteiger charge is 2.31. The fourth-order valence-electron chi connectivity index (χ4n) is 2.82. The van der Waals surface area contributed by atoms with Crippen LogP contribution in [0, 0.1) is 11.8 Å². The van der Waals surface area contributed by atoms with Gasteiger partial charge < -0.3 is 11.1 Å². The molecule has 122 valence electrons. The first kappa shape index (κ1) is 16.9. The van der Waals surface area contributed by atoms with Gasteiger partial charge in [0.25, 0.3) is 0 Å². The van der Waals surface area contributed by atoms with Crippen LogP contribution in [0.15, 0.2) is 24.3 Å². The number of nitrogens with one attached hydrogen (secondary N) is 2. The third-order valence-corrected chi connectivity index (χ3v) is 4.73. The minimum atomic E-state index is -3.20. The van der Waals surface area contributed by atoms with Gasteiger partial charge in [0.2, 0.25) is 15.9 Å². The Balaban J connectivity index is 1.92. The summed E-state index contributed by atoms with van der Waals surface area (Å²) in [5.74, 6) is 0.296. The summed E-state index contributed by atoms with van der Waals surface area (Å²) in [5, 5.41) is 2.91. The highest BCUT2D eigenvalue weighted by atomic mass is 32.2. The molecule has 0 aromatic heterocycles. The van der Waals surface area contributed by atoms with E-state index in [0.717, 1.165) is 36.8 Å². The SMILES string of the molecule is CS(=O)(=O)NCc1ccc(NC(=O)[C@@H]2CCC[C@@H]2CN)cc1. The number of benzene rings is 1. The minimum Gasteiger partial charge on any atom is -0.330 e. The van der Waals surface area contributed by atoms with Crippen molar-refractivity contribution in [2.45, 2.75) is 25.8 Å². The lowest BCUT2D eigenvalue weighted by atomic mass is 9.95. The van der Waals surface area contributed by atoms with Gasteiger partial charge in [-0.25, -0.2) is 13.1 Å². The van der Waals surface area contributed by atoms with Crippen molar-refractivity contribution in [3.63, 3.8) is 0 Å². The lowest BCUT2D eigenvalue weighted by Crippen LogP contribution is -2.29. The third kappa shape index (κ3) is 4.79. The first-order valence-corrected chi connectivity index (χ1v) is 9.32. The molecule has 1 aliphatic rings. The number of amides is 1. The van der Waals surface area contributed by atoms with E-state index in [1.54, 1.807) is 24.3 Å². The van der Waals surface area contributed by atoms with E-state index >= 15 is 0 Å². The molecule has 1 amide bonds. The number of hydrogen-bond acceptors (Lipinski definition) is 4. The smallest absolute Gasteiger partial charge is 0.227 e. The maximum absolute atomic E-state index is 12.3. The molecule has 0 radical (unpaired) electrons. The molecule has 1 saturated carbocycles. The van der Waals surface area contributed by atoms with Gasteiger partial charge in [-0.1, -0.05) is 18.6 Å². The van der Waals surface area contributed by atoms with Gasteiger partial charge in [0.1, 0.15) is 0 Å². The molecule has 4 N–H and O–H groups in total. The Kier molecular flexibility index (Phi) is 5.55. The van der Waals surface area contributed by atoms with Crippen LogP contribution in [0.5, 0.6) is 0 Å². The van der Waals surface area contributed by atoms with Crippen LogP contribution in [0.2, 0.25) is 0 Å². The van der Waals surface area contributed by atoms with Crippen molar-refractivity contribution < 1.29 is 13.2 Å². The molecule has 22 heavy (non-hydrogen) atoms. The van der Waals surface area contributed by atoms with Crippen LogP contribution in [-0.4, -0.2) is 27.1 Å². The second-order valence-electron chi connectivity index (χ2n) is 5.81. The van der Waals surface area contributed by atoms with E-state index in [-0.39, 0.29) is 24.3 Å². The summed E-state index contributed by atoms with van der Waals surface area (Å²) in [4.78, 5) is 12.3. The van der Waals surface area contributed by atoms with Crippen molar-refractivity contribution in [2.24, 2.45) is 17.6 Å². The average molecular weight is 325 g/mol. The molecule has 1 aromatic carbocycles. The van der Waals surface area contributed by atoms with Gasteiger partial charge in [0.05, 0.1) is 6.26 Å². The molecule has 0 heterocycles. The van der Waals surface area contributed by atoms with Crippen molar-refractivity contribution in [1.29, 1.82) is 0 Å². The van der Waals surface area contributed by atoms with Gasteiger partial charge in [-0.3, -0.25) is 4.79 Å². The molecule has 0 bridgehead atoms. The number of rotatable bonds is 6. The number of anilines is 1. The Morgan fingerprint density at radius 3 is 2.55 bits per heavy atom. The van der Waals surface area contributed by atoms with Gasteiger partial charge in [-0.05, 0) is 43.0 Å². The second kappa shape index (κ2) is 7.21. The minimum absolute atomic E-state index is 0.00317. The number of carbonyl (C=O) groups is 1. The number of carbonyl (C=O) groups excluding carboxylic acids is 1. The monoisotopic (exact) mass is 325 g/mol. The number of hydrogen-bond donors (Lipinski definition) is 3. The molecular formula is C15H23N3O3S. The molecule has 2 atom stereocenters. The topological polar surface area (TPSA) is 101 Å². The Hall–Kier alpha value is -1.44. The Bertz CT molecular complexity index is 613. The molecule has 7 heteroatoms. The van der Waals surface area contributed by atoms with E-state index in [4.69, 9.17) is 5.73 Å². The maximum atomic E-state index is 12.3. The van der Waals surface area contributed by atoms with Crippen molar-refractivity contribution in [3.05, 3.63) is 29.8 Å². The van der Waals surface area contributed by atoms with Crippen molar-refractivity contribution in [2.75, 3.05) is 18.1 Å². The van der Waals surface area contributed by atoms with Crippen LogP contribution in [0.4, 0.5) is 5.69 Å². The number of sulfonamides is 1. The van der Waals surface area contributed by atoms with Gasteiger partial charge >= 0.3 is 0 Å². The Labute approximate surface area is 131 Å². The lowest BCUT2D eigenvalue weighted by Gasteiger charge is -2.17. The molecule has 0 saturated heterocycles. The lowest BCUT2D eigenvalue weighted by molar-refractivity contribution is -0.120. The summed E-state index contributed by atoms with van der Waals surface area (Å²) in [6.45, 7) is 0.791. The highest BCUT2D eigenvalue weighted by Crippen LogP contribution is 2.31. The molecule has 0 aliphatic heterocycles. The van der Waals surface area contributed by atoms with Gasteiger partial charge in [0.15, 0.2) is 0 Å². The van der Waals surface area contributed by atoms with Crippen LogP contribution in [0.25, 0.3) is 0 Å². The number of nitrogens with two attached hydrogens (primary N) is 1. The van der Waals surface area contributed by atoms with Crippen LogP contribution in [0.1, 0.15) is 24.8 Å². The molecule has 1 aliphatic carbocycles. The summed E-state index contributed by atoms with van der Waals surface area (Å²) >= 11 is 0. The fourth-order valence-corrected chi connectivity index (χ4v) is 3.25. The van der Waals surface area contributed by atoms with E-state index in [9.17, 15) is 13.2 Å². The maximum Gasteiger partial charge on any atom is 0.227 e.